The molecule has 2 N–H and O–H groups in total. The fourth-order valence-electron chi connectivity index (χ4n) is 2.63. The van der Waals surface area contributed by atoms with Crippen LogP contribution in [0, 0.1) is 6.92 Å². The summed E-state index contributed by atoms with van der Waals surface area (Å²) in [5.74, 6) is 1.01. The number of ether oxygens (including phenoxy) is 2. The van der Waals surface area contributed by atoms with Crippen molar-refractivity contribution < 1.29 is 14.3 Å². The van der Waals surface area contributed by atoms with Crippen LogP contribution in [0.25, 0.3) is 0 Å². The Morgan fingerprint density at radius 3 is 2.61 bits per heavy atom. The molecule has 0 aliphatic heterocycles. The number of methoxy groups -OCH3 is 2. The average molecular weight is 398 g/mol. The predicted octanol–water partition coefficient (Wildman–Crippen LogP) is 5.06. The van der Waals surface area contributed by atoms with Gasteiger partial charge < -0.3 is 20.1 Å². The number of nitrogens with zero attached hydrogens (tertiary/aromatic N) is 1. The molecule has 0 unspecified atom stereocenters. The summed E-state index contributed by atoms with van der Waals surface area (Å²) >= 11 is 6.11. The Hall–Kier alpha value is -3.25. The largest absolute Gasteiger partial charge is 0.497 e. The number of carbonyl (C=O) groups is 1. The summed E-state index contributed by atoms with van der Waals surface area (Å²) in [7, 11) is 3.18. The molecule has 1 amide bonds. The van der Waals surface area contributed by atoms with Crippen LogP contribution in [0.4, 0.5) is 17.1 Å². The Bertz CT molecular complexity index is 1010. The number of carbonyl (C=O) groups excluding carboxylic acids is 1. The number of hydrogen-bond donors (Lipinski definition) is 2. The van der Waals surface area contributed by atoms with E-state index in [1.165, 1.54) is 0 Å². The van der Waals surface area contributed by atoms with E-state index in [0.29, 0.717) is 33.6 Å². The maximum atomic E-state index is 12.6. The van der Waals surface area contributed by atoms with Crippen LogP contribution in [0.1, 0.15) is 16.1 Å². The molecule has 7 heteroatoms. The molecule has 0 saturated carbocycles. The molecular formula is C21H20ClN3O3. The van der Waals surface area contributed by atoms with E-state index in [2.05, 4.69) is 15.6 Å². The van der Waals surface area contributed by atoms with E-state index in [9.17, 15) is 4.79 Å². The minimum absolute atomic E-state index is 0.270. The van der Waals surface area contributed by atoms with Crippen molar-refractivity contribution in [2.75, 3.05) is 24.9 Å². The lowest BCUT2D eigenvalue weighted by Gasteiger charge is -2.13. The zero-order chi connectivity index (χ0) is 20.1. The maximum absolute atomic E-state index is 12.6. The van der Waals surface area contributed by atoms with E-state index >= 15 is 0 Å². The van der Waals surface area contributed by atoms with Crippen LogP contribution in [0.5, 0.6) is 11.5 Å². The number of anilines is 3. The molecule has 0 bridgehead atoms. The van der Waals surface area contributed by atoms with Crippen LogP contribution in [-0.2, 0) is 0 Å². The third-order valence-corrected chi connectivity index (χ3v) is 4.60. The smallest absolute Gasteiger partial charge is 0.274 e. The van der Waals surface area contributed by atoms with Crippen LogP contribution >= 0.6 is 11.6 Å². The van der Waals surface area contributed by atoms with Gasteiger partial charge in [-0.15, -0.1) is 0 Å². The van der Waals surface area contributed by atoms with Crippen molar-refractivity contribution in [1.29, 1.82) is 0 Å². The molecule has 3 rings (SSSR count). The van der Waals surface area contributed by atoms with Gasteiger partial charge in [-0.25, -0.2) is 0 Å². The number of rotatable bonds is 6. The zero-order valence-electron chi connectivity index (χ0n) is 15.7. The Morgan fingerprint density at radius 1 is 1.04 bits per heavy atom. The Balaban J connectivity index is 1.82. The van der Waals surface area contributed by atoms with Gasteiger partial charge in [0.1, 0.15) is 17.2 Å². The standard InChI is InChI=1S/C21H20ClN3O3/c1-13-16(22)5-4-6-17(13)25-21(26)19-11-14(9-10-23-19)24-18-12-15(27-2)7-8-20(18)28-3/h4-12H,1-3H3,(H,23,24)(H,25,26). The van der Waals surface area contributed by atoms with Crippen molar-refractivity contribution in [3.63, 3.8) is 0 Å². The predicted molar refractivity (Wildman–Crippen MR) is 111 cm³/mol. The number of benzene rings is 2. The van der Waals surface area contributed by atoms with E-state index in [0.717, 1.165) is 5.56 Å². The van der Waals surface area contributed by atoms with Crippen LogP contribution in [-0.4, -0.2) is 25.1 Å². The highest BCUT2D eigenvalue weighted by Gasteiger charge is 2.12. The molecule has 0 atom stereocenters. The summed E-state index contributed by atoms with van der Waals surface area (Å²) in [6.07, 6.45) is 1.56. The highest BCUT2D eigenvalue weighted by Crippen LogP contribution is 2.31. The van der Waals surface area contributed by atoms with Crippen molar-refractivity contribution in [3.8, 4) is 11.5 Å². The topological polar surface area (TPSA) is 72.5 Å². The first-order valence-electron chi connectivity index (χ1n) is 8.53. The second-order valence-electron chi connectivity index (χ2n) is 5.99. The van der Waals surface area contributed by atoms with E-state index < -0.39 is 0 Å². The minimum atomic E-state index is -0.327. The number of hydrogen-bond acceptors (Lipinski definition) is 5. The second-order valence-corrected chi connectivity index (χ2v) is 6.39. The molecule has 0 fully saturated rings. The quantitative estimate of drug-likeness (QED) is 0.608. The van der Waals surface area contributed by atoms with Crippen molar-refractivity contribution >= 4 is 34.6 Å². The third kappa shape index (κ3) is 4.35. The van der Waals surface area contributed by atoms with Crippen molar-refractivity contribution in [2.24, 2.45) is 0 Å². The van der Waals surface area contributed by atoms with Gasteiger partial charge in [-0.1, -0.05) is 17.7 Å². The second kappa shape index (κ2) is 8.63. The van der Waals surface area contributed by atoms with E-state index in [1.54, 1.807) is 56.8 Å². The molecule has 28 heavy (non-hydrogen) atoms. The molecule has 3 aromatic rings. The maximum Gasteiger partial charge on any atom is 0.274 e. The molecular weight excluding hydrogens is 378 g/mol. The average Bonchev–Trinajstić information content (AvgIpc) is 2.71. The van der Waals surface area contributed by atoms with Gasteiger partial charge in [0, 0.05) is 28.7 Å². The number of amides is 1. The molecule has 144 valence electrons. The number of aromatic nitrogens is 1. The van der Waals surface area contributed by atoms with E-state index in [-0.39, 0.29) is 11.6 Å². The van der Waals surface area contributed by atoms with Gasteiger partial charge in [0.05, 0.1) is 19.9 Å². The fourth-order valence-corrected chi connectivity index (χ4v) is 2.80. The molecule has 0 saturated heterocycles. The van der Waals surface area contributed by atoms with Crippen LogP contribution < -0.4 is 20.1 Å². The number of pyridine rings is 1. The highest BCUT2D eigenvalue weighted by atomic mass is 35.5. The molecule has 6 nitrogen and oxygen atoms in total. The Kier molecular flexibility index (Phi) is 6.01. The first-order valence-corrected chi connectivity index (χ1v) is 8.91. The first-order chi connectivity index (χ1) is 13.5. The molecule has 0 aliphatic rings. The highest BCUT2D eigenvalue weighted by molar-refractivity contribution is 6.31. The summed E-state index contributed by atoms with van der Waals surface area (Å²) in [4.78, 5) is 16.8. The lowest BCUT2D eigenvalue weighted by atomic mass is 10.2. The monoisotopic (exact) mass is 397 g/mol. The lowest BCUT2D eigenvalue weighted by molar-refractivity contribution is 0.102. The molecule has 1 aromatic heterocycles. The van der Waals surface area contributed by atoms with Gasteiger partial charge in [-0.2, -0.15) is 0 Å². The zero-order valence-corrected chi connectivity index (χ0v) is 16.5. The van der Waals surface area contributed by atoms with E-state index in [4.69, 9.17) is 21.1 Å². The molecule has 0 radical (unpaired) electrons. The molecule has 0 spiro atoms. The van der Waals surface area contributed by atoms with Crippen molar-refractivity contribution in [2.45, 2.75) is 6.92 Å². The van der Waals surface area contributed by atoms with Gasteiger partial charge in [0.15, 0.2) is 0 Å². The Labute approximate surface area is 168 Å². The summed E-state index contributed by atoms with van der Waals surface area (Å²) in [6, 6.07) is 14.2. The van der Waals surface area contributed by atoms with Gasteiger partial charge in [-0.05, 0) is 48.9 Å². The van der Waals surface area contributed by atoms with Crippen LogP contribution in [0.2, 0.25) is 5.02 Å². The van der Waals surface area contributed by atoms with Gasteiger partial charge in [0.25, 0.3) is 5.91 Å². The Morgan fingerprint density at radius 2 is 1.86 bits per heavy atom. The van der Waals surface area contributed by atoms with Gasteiger partial charge >= 0.3 is 0 Å². The summed E-state index contributed by atoms with van der Waals surface area (Å²) in [5, 5.41) is 6.66. The molecule has 0 aliphatic carbocycles. The summed E-state index contributed by atoms with van der Waals surface area (Å²) in [6.45, 7) is 1.85. The summed E-state index contributed by atoms with van der Waals surface area (Å²) < 4.78 is 10.6. The fraction of sp³-hybridized carbons (Fsp3) is 0.143. The number of halogens is 1. The molecule has 1 heterocycles. The van der Waals surface area contributed by atoms with Gasteiger partial charge in [-0.3, -0.25) is 9.78 Å². The SMILES string of the molecule is COc1ccc(OC)c(Nc2ccnc(C(=O)Nc3cccc(Cl)c3C)c2)c1. The van der Waals surface area contributed by atoms with Crippen LogP contribution in [0.3, 0.4) is 0 Å². The van der Waals surface area contributed by atoms with E-state index in [1.807, 2.05) is 19.1 Å². The van der Waals surface area contributed by atoms with Gasteiger partial charge in [0.2, 0.25) is 0 Å². The van der Waals surface area contributed by atoms with Crippen molar-refractivity contribution in [3.05, 3.63) is 71.0 Å². The van der Waals surface area contributed by atoms with Crippen molar-refractivity contribution in [1.82, 2.24) is 4.98 Å². The first kappa shape index (κ1) is 19.5. The van der Waals surface area contributed by atoms with Crippen LogP contribution in [0.15, 0.2) is 54.7 Å². The lowest BCUT2D eigenvalue weighted by Crippen LogP contribution is -2.14. The summed E-state index contributed by atoms with van der Waals surface area (Å²) in [5.41, 5.74) is 3.12. The normalized spacial score (nSPS) is 10.3. The number of nitrogens with one attached hydrogen (secondary N) is 2. The third-order valence-electron chi connectivity index (χ3n) is 4.19. The minimum Gasteiger partial charge on any atom is -0.497 e. The molecule has 2 aromatic carbocycles.